The van der Waals surface area contributed by atoms with Crippen LogP contribution in [0.4, 0.5) is 0 Å². The Morgan fingerprint density at radius 3 is 2.38 bits per heavy atom. The molecule has 6 heteroatoms. The van der Waals surface area contributed by atoms with E-state index in [4.69, 9.17) is 9.47 Å². The summed E-state index contributed by atoms with van der Waals surface area (Å²) in [5.74, 6) is -0.422. The summed E-state index contributed by atoms with van der Waals surface area (Å²) in [6.07, 6.45) is 1.25. The highest BCUT2D eigenvalue weighted by Gasteiger charge is 2.26. The number of ether oxygens (including phenoxy) is 2. The fourth-order valence-electron chi connectivity index (χ4n) is 1.71. The highest BCUT2D eigenvalue weighted by atomic mass is 16.6. The van der Waals surface area contributed by atoms with Crippen molar-refractivity contribution in [2.45, 2.75) is 52.5 Å². The van der Waals surface area contributed by atoms with E-state index in [1.165, 1.54) is 7.11 Å². The molecule has 0 aromatic rings. The molecule has 0 aliphatic rings. The van der Waals surface area contributed by atoms with Crippen molar-refractivity contribution in [1.29, 1.82) is 5.26 Å². The summed E-state index contributed by atoms with van der Waals surface area (Å²) in [4.78, 5) is 23.1. The zero-order valence-corrected chi connectivity index (χ0v) is 13.4. The zero-order valence-electron chi connectivity index (χ0n) is 13.4. The van der Waals surface area contributed by atoms with Crippen LogP contribution in [0.3, 0.4) is 0 Å². The van der Waals surface area contributed by atoms with Crippen molar-refractivity contribution in [2.24, 2.45) is 5.41 Å². The lowest BCUT2D eigenvalue weighted by Crippen LogP contribution is -2.31. The Hall–Kier alpha value is -1.61. The Morgan fingerprint density at radius 2 is 1.86 bits per heavy atom. The van der Waals surface area contributed by atoms with Gasteiger partial charge in [0.2, 0.25) is 5.91 Å². The summed E-state index contributed by atoms with van der Waals surface area (Å²) >= 11 is 0. The van der Waals surface area contributed by atoms with Gasteiger partial charge in [-0.2, -0.15) is 5.26 Å². The van der Waals surface area contributed by atoms with Crippen LogP contribution in [-0.4, -0.2) is 38.2 Å². The lowest BCUT2D eigenvalue weighted by molar-refractivity contribution is -0.145. The number of nitrogens with zero attached hydrogens (tertiary/aromatic N) is 1. The zero-order chi connectivity index (χ0) is 16.3. The molecule has 1 N–H and O–H groups in total. The van der Waals surface area contributed by atoms with Crippen molar-refractivity contribution in [3.63, 3.8) is 0 Å². The van der Waals surface area contributed by atoms with Crippen LogP contribution in [0.5, 0.6) is 0 Å². The van der Waals surface area contributed by atoms with Crippen LogP contribution in [0.1, 0.15) is 46.5 Å². The van der Waals surface area contributed by atoms with Crippen molar-refractivity contribution >= 4 is 11.9 Å². The Labute approximate surface area is 126 Å². The minimum Gasteiger partial charge on any atom is -0.463 e. The van der Waals surface area contributed by atoms with Gasteiger partial charge >= 0.3 is 5.97 Å². The summed E-state index contributed by atoms with van der Waals surface area (Å²) in [6, 6.07) is 2.28. The number of rotatable bonds is 10. The van der Waals surface area contributed by atoms with Crippen LogP contribution in [-0.2, 0) is 19.1 Å². The van der Waals surface area contributed by atoms with Gasteiger partial charge in [0.15, 0.2) is 0 Å². The number of methoxy groups -OCH3 is 1. The number of amides is 1. The largest absolute Gasteiger partial charge is 0.463 e. The molecule has 0 aromatic heterocycles. The maximum absolute atomic E-state index is 11.6. The first-order valence-corrected chi connectivity index (χ1v) is 7.18. The van der Waals surface area contributed by atoms with E-state index < -0.39 is 5.41 Å². The summed E-state index contributed by atoms with van der Waals surface area (Å²) in [6.45, 7) is 6.11. The lowest BCUT2D eigenvalue weighted by Gasteiger charge is -2.21. The van der Waals surface area contributed by atoms with Gasteiger partial charge in [-0.05, 0) is 33.6 Å². The molecule has 0 fully saturated rings. The Kier molecular flexibility index (Phi) is 9.39. The molecule has 21 heavy (non-hydrogen) atoms. The maximum atomic E-state index is 11.6. The molecule has 0 spiro atoms. The van der Waals surface area contributed by atoms with E-state index >= 15 is 0 Å². The highest BCUT2D eigenvalue weighted by molar-refractivity contribution is 5.76. The molecule has 0 saturated heterocycles. The minimum absolute atomic E-state index is 0.0749. The van der Waals surface area contributed by atoms with Crippen LogP contribution in [0.15, 0.2) is 0 Å². The van der Waals surface area contributed by atoms with Crippen LogP contribution < -0.4 is 5.32 Å². The normalized spacial score (nSPS) is 13.3. The van der Waals surface area contributed by atoms with Gasteiger partial charge in [0.25, 0.3) is 0 Å². The first-order chi connectivity index (χ1) is 9.83. The second kappa shape index (κ2) is 10.2. The number of esters is 1. The molecule has 6 nitrogen and oxygen atoms in total. The fourth-order valence-corrected chi connectivity index (χ4v) is 1.71. The van der Waals surface area contributed by atoms with Crippen molar-refractivity contribution in [2.75, 3.05) is 20.3 Å². The molecule has 0 rings (SSSR count). The number of nitriles is 1. The van der Waals surface area contributed by atoms with Crippen molar-refractivity contribution in [3.8, 4) is 6.07 Å². The molecule has 1 unspecified atom stereocenters. The molecule has 120 valence electrons. The molecule has 0 saturated carbocycles. The van der Waals surface area contributed by atoms with Gasteiger partial charge in [0.05, 0.1) is 18.1 Å². The molecule has 0 aliphatic carbocycles. The van der Waals surface area contributed by atoms with Gasteiger partial charge in [0.1, 0.15) is 6.61 Å². The van der Waals surface area contributed by atoms with Gasteiger partial charge in [-0.1, -0.05) is 0 Å². The molecule has 1 amide bonds. The second-order valence-corrected chi connectivity index (χ2v) is 5.61. The summed E-state index contributed by atoms with van der Waals surface area (Å²) in [5, 5.41) is 12.0. The van der Waals surface area contributed by atoms with E-state index in [1.807, 2.05) is 13.8 Å². The Balaban J connectivity index is 4.13. The van der Waals surface area contributed by atoms with E-state index in [1.54, 1.807) is 6.92 Å². The Morgan fingerprint density at radius 1 is 1.24 bits per heavy atom. The maximum Gasteiger partial charge on any atom is 0.305 e. The fraction of sp³-hybridized carbons (Fsp3) is 0.800. The summed E-state index contributed by atoms with van der Waals surface area (Å²) < 4.78 is 9.73. The van der Waals surface area contributed by atoms with E-state index in [9.17, 15) is 14.9 Å². The minimum atomic E-state index is -0.700. The van der Waals surface area contributed by atoms with Gasteiger partial charge in [-0.3, -0.25) is 9.59 Å². The number of hydrogen-bond donors (Lipinski definition) is 1. The van der Waals surface area contributed by atoms with Crippen LogP contribution >= 0.6 is 0 Å². The van der Waals surface area contributed by atoms with E-state index in [2.05, 4.69) is 11.4 Å². The monoisotopic (exact) mass is 298 g/mol. The predicted molar refractivity (Wildman–Crippen MR) is 78.3 cm³/mol. The average Bonchev–Trinajstić information content (AvgIpc) is 2.42. The van der Waals surface area contributed by atoms with E-state index in [-0.39, 0.29) is 37.4 Å². The van der Waals surface area contributed by atoms with Gasteiger partial charge in [-0.15, -0.1) is 0 Å². The van der Waals surface area contributed by atoms with Crippen LogP contribution in [0, 0.1) is 16.7 Å². The van der Waals surface area contributed by atoms with Gasteiger partial charge < -0.3 is 14.8 Å². The Bertz CT molecular complexity index is 376. The topological polar surface area (TPSA) is 88.4 Å². The van der Waals surface area contributed by atoms with E-state index in [0.29, 0.717) is 19.4 Å². The molecule has 0 aromatic carbocycles. The molecule has 1 atom stereocenters. The number of hydrogen-bond acceptors (Lipinski definition) is 5. The van der Waals surface area contributed by atoms with Gasteiger partial charge in [0, 0.05) is 26.0 Å². The molecular formula is C15H26N2O4. The summed E-state index contributed by atoms with van der Waals surface area (Å²) in [5.41, 5.74) is -0.700. The predicted octanol–water partition coefficient (Wildman–Crippen LogP) is 1.79. The molecule has 0 heterocycles. The third-order valence-corrected chi connectivity index (χ3v) is 3.05. The third kappa shape index (κ3) is 9.85. The second-order valence-electron chi connectivity index (χ2n) is 5.61. The van der Waals surface area contributed by atoms with Crippen LogP contribution in [0.2, 0.25) is 0 Å². The molecule has 0 aliphatic heterocycles. The molecular weight excluding hydrogens is 272 g/mol. The first-order valence-electron chi connectivity index (χ1n) is 7.18. The number of carbonyl (C=O) groups excluding carboxylic acids is 2. The smallest absolute Gasteiger partial charge is 0.305 e. The number of carbonyl (C=O) groups is 2. The quantitative estimate of drug-likeness (QED) is 0.490. The standard InChI is InChI=1S/C15H26N2O4/c1-12(2)17-13(18)5-7-15(3,11-16)8-6-14(19)21-10-9-20-4/h12H,5-10H2,1-4H3,(H,17,18). The summed E-state index contributed by atoms with van der Waals surface area (Å²) in [7, 11) is 1.53. The SMILES string of the molecule is COCCOC(=O)CCC(C)(C#N)CCC(=O)NC(C)C. The van der Waals surface area contributed by atoms with Crippen LogP contribution in [0.25, 0.3) is 0 Å². The van der Waals surface area contributed by atoms with E-state index in [0.717, 1.165) is 0 Å². The molecule has 0 bridgehead atoms. The van der Waals surface area contributed by atoms with Crippen molar-refractivity contribution < 1.29 is 19.1 Å². The number of nitrogens with one attached hydrogen (secondary N) is 1. The van der Waals surface area contributed by atoms with Crippen molar-refractivity contribution in [1.82, 2.24) is 5.32 Å². The highest BCUT2D eigenvalue weighted by Crippen LogP contribution is 2.28. The third-order valence-electron chi connectivity index (χ3n) is 3.05. The average molecular weight is 298 g/mol. The van der Waals surface area contributed by atoms with Gasteiger partial charge in [-0.25, -0.2) is 0 Å². The molecule has 0 radical (unpaired) electrons. The van der Waals surface area contributed by atoms with Crippen molar-refractivity contribution in [3.05, 3.63) is 0 Å². The first kappa shape index (κ1) is 19.4. The lowest BCUT2D eigenvalue weighted by atomic mass is 9.82.